The van der Waals surface area contributed by atoms with Gasteiger partial charge in [0, 0.05) is 69.9 Å². The number of carbonyl (C=O) groups is 3. The highest BCUT2D eigenvalue weighted by atomic mass is 16.2. The van der Waals surface area contributed by atoms with Gasteiger partial charge in [-0.1, -0.05) is 23.8 Å². The quantitative estimate of drug-likeness (QED) is 0.734. The standard InChI is InChI=1S/C27H35N5O3/c1-21-6-4-7-23(20-21)27(35)31-14-5-8-22(10-13-29-25(33)11-15-31)26(34)32-18-16-30(17-19-32)24-9-2-3-12-28-24/h2-4,6-7,9,12,20,22H,5,8,10-11,13-19H2,1H3,(H,29,33). The molecule has 2 saturated heterocycles. The van der Waals surface area contributed by atoms with Crippen LogP contribution in [0.1, 0.15) is 41.6 Å². The van der Waals surface area contributed by atoms with E-state index in [0.717, 1.165) is 30.9 Å². The number of benzene rings is 1. The van der Waals surface area contributed by atoms with Crippen LogP contribution in [0.3, 0.4) is 0 Å². The van der Waals surface area contributed by atoms with Gasteiger partial charge in [0.15, 0.2) is 0 Å². The molecule has 1 N–H and O–H groups in total. The number of pyridine rings is 1. The summed E-state index contributed by atoms with van der Waals surface area (Å²) in [5.41, 5.74) is 1.67. The minimum atomic E-state index is -0.161. The van der Waals surface area contributed by atoms with Gasteiger partial charge in [-0.05, 0) is 50.5 Å². The van der Waals surface area contributed by atoms with Crippen molar-refractivity contribution in [3.63, 3.8) is 0 Å². The molecule has 4 rings (SSSR count). The first-order chi connectivity index (χ1) is 17.0. The summed E-state index contributed by atoms with van der Waals surface area (Å²) in [4.78, 5) is 49.2. The molecular weight excluding hydrogens is 442 g/mol. The third-order valence-electron chi connectivity index (χ3n) is 6.87. The Labute approximate surface area is 207 Å². The summed E-state index contributed by atoms with van der Waals surface area (Å²) in [7, 11) is 0. The Hall–Kier alpha value is -3.42. The van der Waals surface area contributed by atoms with E-state index in [4.69, 9.17) is 0 Å². The monoisotopic (exact) mass is 477 g/mol. The number of piperazine rings is 1. The number of rotatable bonds is 3. The van der Waals surface area contributed by atoms with Gasteiger partial charge in [0.05, 0.1) is 0 Å². The zero-order valence-electron chi connectivity index (χ0n) is 20.5. The zero-order valence-corrected chi connectivity index (χ0v) is 20.5. The molecule has 1 aromatic heterocycles. The second-order valence-corrected chi connectivity index (χ2v) is 9.39. The molecule has 2 aliphatic rings. The van der Waals surface area contributed by atoms with Crippen molar-refractivity contribution in [1.29, 1.82) is 0 Å². The lowest BCUT2D eigenvalue weighted by Crippen LogP contribution is -2.51. The fourth-order valence-corrected chi connectivity index (χ4v) is 4.86. The van der Waals surface area contributed by atoms with Crippen molar-refractivity contribution < 1.29 is 14.4 Å². The molecule has 8 heteroatoms. The molecule has 1 unspecified atom stereocenters. The number of carbonyl (C=O) groups excluding carboxylic acids is 3. The normalized spacial score (nSPS) is 20.1. The molecule has 35 heavy (non-hydrogen) atoms. The van der Waals surface area contributed by atoms with E-state index in [1.807, 2.05) is 54.3 Å². The Morgan fingerprint density at radius 2 is 1.77 bits per heavy atom. The van der Waals surface area contributed by atoms with Gasteiger partial charge in [0.25, 0.3) is 5.91 Å². The number of anilines is 1. The lowest BCUT2D eigenvalue weighted by atomic mass is 9.96. The van der Waals surface area contributed by atoms with Gasteiger partial charge in [-0.15, -0.1) is 0 Å². The summed E-state index contributed by atoms with van der Waals surface area (Å²) in [6.45, 7) is 6.20. The van der Waals surface area contributed by atoms with Crippen LogP contribution in [-0.4, -0.2) is 78.3 Å². The van der Waals surface area contributed by atoms with Crippen molar-refractivity contribution in [2.45, 2.75) is 32.6 Å². The smallest absolute Gasteiger partial charge is 0.253 e. The third-order valence-corrected chi connectivity index (χ3v) is 6.87. The minimum Gasteiger partial charge on any atom is -0.356 e. The Bertz CT molecular complexity index is 1020. The van der Waals surface area contributed by atoms with Crippen LogP contribution in [0.25, 0.3) is 0 Å². The fraction of sp³-hybridized carbons (Fsp3) is 0.481. The van der Waals surface area contributed by atoms with Crippen LogP contribution in [0.15, 0.2) is 48.7 Å². The molecule has 0 radical (unpaired) electrons. The lowest BCUT2D eigenvalue weighted by molar-refractivity contribution is -0.136. The van der Waals surface area contributed by atoms with Crippen LogP contribution < -0.4 is 10.2 Å². The van der Waals surface area contributed by atoms with E-state index in [-0.39, 0.29) is 30.1 Å². The van der Waals surface area contributed by atoms with Crippen molar-refractivity contribution in [3.05, 3.63) is 59.8 Å². The Balaban J connectivity index is 1.37. The number of hydrogen-bond acceptors (Lipinski definition) is 5. The van der Waals surface area contributed by atoms with Crippen molar-refractivity contribution >= 4 is 23.5 Å². The molecule has 0 aliphatic carbocycles. The third kappa shape index (κ3) is 6.59. The maximum atomic E-state index is 13.4. The second kappa shape index (κ2) is 11.8. The molecule has 1 aromatic carbocycles. The molecule has 0 spiro atoms. The van der Waals surface area contributed by atoms with E-state index in [0.29, 0.717) is 51.1 Å². The molecule has 2 fully saturated rings. The maximum absolute atomic E-state index is 13.4. The van der Waals surface area contributed by atoms with Crippen LogP contribution in [0.5, 0.6) is 0 Å². The van der Waals surface area contributed by atoms with E-state index in [1.54, 1.807) is 11.1 Å². The largest absolute Gasteiger partial charge is 0.356 e. The van der Waals surface area contributed by atoms with E-state index in [1.165, 1.54) is 0 Å². The molecule has 0 saturated carbocycles. The first kappa shape index (κ1) is 24.7. The predicted molar refractivity (Wildman–Crippen MR) is 135 cm³/mol. The lowest BCUT2D eigenvalue weighted by Gasteiger charge is -2.37. The SMILES string of the molecule is Cc1cccc(C(=O)N2CCCC(C(=O)N3CCN(c4ccccn4)CC3)CCNC(=O)CC2)c1. The average molecular weight is 478 g/mol. The van der Waals surface area contributed by atoms with Gasteiger partial charge in [-0.3, -0.25) is 14.4 Å². The first-order valence-electron chi connectivity index (χ1n) is 12.6. The number of nitrogens with one attached hydrogen (secondary N) is 1. The fourth-order valence-electron chi connectivity index (χ4n) is 4.86. The van der Waals surface area contributed by atoms with Gasteiger partial charge in [0.2, 0.25) is 11.8 Å². The molecule has 2 aliphatic heterocycles. The van der Waals surface area contributed by atoms with Crippen LogP contribution in [0, 0.1) is 12.8 Å². The summed E-state index contributed by atoms with van der Waals surface area (Å²) in [5, 5.41) is 2.94. The Morgan fingerprint density at radius 1 is 0.943 bits per heavy atom. The molecule has 0 bridgehead atoms. The van der Waals surface area contributed by atoms with Crippen LogP contribution in [0.2, 0.25) is 0 Å². The highest BCUT2D eigenvalue weighted by Gasteiger charge is 2.28. The van der Waals surface area contributed by atoms with Crippen LogP contribution >= 0.6 is 0 Å². The summed E-state index contributed by atoms with van der Waals surface area (Å²) in [6, 6.07) is 13.4. The van der Waals surface area contributed by atoms with Crippen molar-refractivity contribution in [2.24, 2.45) is 5.92 Å². The van der Waals surface area contributed by atoms with Gasteiger partial charge < -0.3 is 20.0 Å². The number of amides is 3. The predicted octanol–water partition coefficient (Wildman–Crippen LogP) is 2.49. The number of hydrogen-bond donors (Lipinski definition) is 1. The summed E-state index contributed by atoms with van der Waals surface area (Å²) in [5.74, 6) is 0.787. The number of aromatic nitrogens is 1. The molecular formula is C27H35N5O3. The van der Waals surface area contributed by atoms with Gasteiger partial charge in [-0.25, -0.2) is 4.98 Å². The van der Waals surface area contributed by atoms with E-state index >= 15 is 0 Å². The second-order valence-electron chi connectivity index (χ2n) is 9.39. The molecule has 2 aromatic rings. The summed E-state index contributed by atoms with van der Waals surface area (Å²) >= 11 is 0. The molecule has 3 heterocycles. The minimum absolute atomic E-state index is 0.0609. The van der Waals surface area contributed by atoms with Crippen LogP contribution in [-0.2, 0) is 9.59 Å². The highest BCUT2D eigenvalue weighted by molar-refractivity contribution is 5.94. The van der Waals surface area contributed by atoms with E-state index in [9.17, 15) is 14.4 Å². The van der Waals surface area contributed by atoms with E-state index in [2.05, 4.69) is 15.2 Å². The number of aryl methyl sites for hydroxylation is 1. The zero-order chi connectivity index (χ0) is 24.6. The average Bonchev–Trinajstić information content (AvgIpc) is 2.93. The van der Waals surface area contributed by atoms with Gasteiger partial charge in [0.1, 0.15) is 5.82 Å². The molecule has 1 atom stereocenters. The van der Waals surface area contributed by atoms with Crippen LogP contribution in [0.4, 0.5) is 5.82 Å². The topological polar surface area (TPSA) is 85.8 Å². The molecule has 8 nitrogen and oxygen atoms in total. The Morgan fingerprint density at radius 3 is 2.51 bits per heavy atom. The van der Waals surface area contributed by atoms with Gasteiger partial charge in [-0.2, -0.15) is 0 Å². The summed E-state index contributed by atoms with van der Waals surface area (Å²) in [6.07, 6.45) is 4.11. The van der Waals surface area contributed by atoms with Crippen molar-refractivity contribution in [1.82, 2.24) is 20.1 Å². The first-order valence-corrected chi connectivity index (χ1v) is 12.6. The molecule has 186 valence electrons. The summed E-state index contributed by atoms with van der Waals surface area (Å²) < 4.78 is 0. The van der Waals surface area contributed by atoms with Crippen molar-refractivity contribution in [2.75, 3.05) is 50.7 Å². The number of nitrogens with zero attached hydrogens (tertiary/aromatic N) is 4. The maximum Gasteiger partial charge on any atom is 0.253 e. The molecule has 3 amide bonds. The van der Waals surface area contributed by atoms with E-state index < -0.39 is 0 Å². The highest BCUT2D eigenvalue weighted by Crippen LogP contribution is 2.20. The Kier molecular flexibility index (Phi) is 8.34. The van der Waals surface area contributed by atoms with Crippen molar-refractivity contribution in [3.8, 4) is 0 Å². The van der Waals surface area contributed by atoms with Gasteiger partial charge >= 0.3 is 0 Å².